The lowest BCUT2D eigenvalue weighted by Crippen LogP contribution is -2.47. The van der Waals surface area contributed by atoms with Crippen molar-refractivity contribution in [3.05, 3.63) is 29.1 Å². The number of nitrogens with one attached hydrogen (secondary N) is 1. The second-order valence-electron chi connectivity index (χ2n) is 4.92. The molecule has 1 fully saturated rings. The highest BCUT2D eigenvalue weighted by atomic mass is 35.5. The average Bonchev–Trinajstić information content (AvgIpc) is 2.43. The summed E-state index contributed by atoms with van der Waals surface area (Å²) in [6.07, 6.45) is -8.17. The van der Waals surface area contributed by atoms with Crippen LogP contribution in [0.1, 0.15) is 17.2 Å². The van der Waals surface area contributed by atoms with Gasteiger partial charge < -0.3 is 10.4 Å². The van der Waals surface area contributed by atoms with Crippen molar-refractivity contribution >= 4 is 24.8 Å². The van der Waals surface area contributed by atoms with Gasteiger partial charge in [0.25, 0.3) is 6.43 Å². The van der Waals surface area contributed by atoms with Crippen molar-refractivity contribution in [2.45, 2.75) is 18.6 Å². The molecule has 1 aromatic carbocycles. The van der Waals surface area contributed by atoms with Crippen molar-refractivity contribution < 1.29 is 31.4 Å². The third kappa shape index (κ3) is 4.81. The first kappa shape index (κ1) is 23.1. The van der Waals surface area contributed by atoms with Gasteiger partial charge in [0, 0.05) is 31.7 Å². The molecule has 1 atom stereocenters. The van der Waals surface area contributed by atoms with Crippen molar-refractivity contribution in [3.63, 3.8) is 0 Å². The first-order chi connectivity index (χ1) is 10.2. The summed E-state index contributed by atoms with van der Waals surface area (Å²) in [7, 11) is 0. The lowest BCUT2D eigenvalue weighted by Gasteiger charge is -2.36. The molecule has 0 spiro atoms. The fourth-order valence-electron chi connectivity index (χ4n) is 2.56. The van der Waals surface area contributed by atoms with Gasteiger partial charge in [0.05, 0.1) is 5.56 Å². The van der Waals surface area contributed by atoms with E-state index in [0.29, 0.717) is 25.2 Å². The maximum Gasteiger partial charge on any atom is 0.416 e. The Hall–Kier alpha value is -0.900. The molecular weight excluding hydrogens is 385 g/mol. The Labute approximate surface area is 146 Å². The van der Waals surface area contributed by atoms with E-state index in [1.54, 1.807) is 0 Å². The summed E-state index contributed by atoms with van der Waals surface area (Å²) in [5, 5.41) is 12.5. The van der Waals surface area contributed by atoms with Crippen molar-refractivity contribution in [1.82, 2.24) is 10.2 Å². The molecule has 0 amide bonds. The van der Waals surface area contributed by atoms with Gasteiger partial charge in [-0.2, -0.15) is 13.2 Å². The van der Waals surface area contributed by atoms with Crippen LogP contribution in [0.2, 0.25) is 0 Å². The number of phenols is 1. The van der Waals surface area contributed by atoms with Gasteiger partial charge in [-0.05, 0) is 12.1 Å². The Kier molecular flexibility index (Phi) is 8.64. The molecule has 140 valence electrons. The summed E-state index contributed by atoms with van der Waals surface area (Å²) in [4.78, 5) is 1.12. The number of phenolic OH excluding ortho intramolecular Hbond substituents is 1. The largest absolute Gasteiger partial charge is 0.505 e. The third-order valence-corrected chi connectivity index (χ3v) is 3.55. The topological polar surface area (TPSA) is 35.5 Å². The fourth-order valence-corrected chi connectivity index (χ4v) is 2.56. The molecule has 1 saturated heterocycles. The summed E-state index contributed by atoms with van der Waals surface area (Å²) in [5.74, 6) is -2.73. The molecular formula is C13H16Cl2F6N2O. The number of alkyl halides is 5. The van der Waals surface area contributed by atoms with E-state index in [4.69, 9.17) is 0 Å². The van der Waals surface area contributed by atoms with Crippen LogP contribution in [-0.4, -0.2) is 42.6 Å². The monoisotopic (exact) mass is 400 g/mol. The van der Waals surface area contributed by atoms with Gasteiger partial charge in [0.1, 0.15) is 6.04 Å². The van der Waals surface area contributed by atoms with Crippen LogP contribution in [-0.2, 0) is 6.18 Å². The zero-order valence-electron chi connectivity index (χ0n) is 12.1. The number of halogens is 8. The first-order valence-corrected chi connectivity index (χ1v) is 6.55. The maximum absolute atomic E-state index is 13.4. The second-order valence-corrected chi connectivity index (χ2v) is 4.92. The van der Waals surface area contributed by atoms with Gasteiger partial charge in [-0.3, -0.25) is 4.90 Å². The van der Waals surface area contributed by atoms with E-state index in [1.807, 2.05) is 0 Å². The molecule has 1 aromatic rings. The zero-order valence-corrected chi connectivity index (χ0v) is 13.7. The van der Waals surface area contributed by atoms with E-state index in [0.717, 1.165) is 4.90 Å². The van der Waals surface area contributed by atoms with E-state index in [9.17, 15) is 31.4 Å². The lowest BCUT2D eigenvalue weighted by atomic mass is 9.96. The number of rotatable bonds is 3. The van der Waals surface area contributed by atoms with Gasteiger partial charge in [0.2, 0.25) is 0 Å². The number of hydrogen-bond donors (Lipinski definition) is 2. The summed E-state index contributed by atoms with van der Waals surface area (Å²) in [6, 6.07) is -1.22. The normalized spacial score (nSPS) is 17.1. The summed E-state index contributed by atoms with van der Waals surface area (Å²) in [6.45, 7) is 0.784. The van der Waals surface area contributed by atoms with Crippen molar-refractivity contribution in [2.75, 3.05) is 26.2 Å². The third-order valence-electron chi connectivity index (χ3n) is 3.55. The number of hydrogen-bond acceptors (Lipinski definition) is 3. The van der Waals surface area contributed by atoms with Gasteiger partial charge in [-0.15, -0.1) is 24.8 Å². The van der Waals surface area contributed by atoms with Crippen molar-refractivity contribution in [1.29, 1.82) is 0 Å². The van der Waals surface area contributed by atoms with Crippen LogP contribution in [0.15, 0.2) is 12.1 Å². The molecule has 1 heterocycles. The van der Waals surface area contributed by atoms with Gasteiger partial charge >= 0.3 is 6.18 Å². The molecule has 1 aliphatic rings. The molecule has 0 unspecified atom stereocenters. The Morgan fingerprint density at radius 2 is 1.62 bits per heavy atom. The number of benzene rings is 1. The Bertz CT molecular complexity index is 538. The van der Waals surface area contributed by atoms with E-state index >= 15 is 0 Å². The minimum absolute atomic E-state index is 0. The van der Waals surface area contributed by atoms with Crippen LogP contribution >= 0.6 is 24.8 Å². The molecule has 3 nitrogen and oxygen atoms in total. The smallest absolute Gasteiger partial charge is 0.416 e. The Morgan fingerprint density at radius 1 is 1.08 bits per heavy atom. The molecule has 0 aliphatic carbocycles. The summed E-state index contributed by atoms with van der Waals surface area (Å²) in [5.41, 5.74) is -2.56. The molecule has 24 heavy (non-hydrogen) atoms. The van der Waals surface area contributed by atoms with Gasteiger partial charge in [-0.1, -0.05) is 0 Å². The minimum Gasteiger partial charge on any atom is -0.505 e. The van der Waals surface area contributed by atoms with Gasteiger partial charge in [0.15, 0.2) is 11.6 Å². The van der Waals surface area contributed by atoms with Crippen LogP contribution < -0.4 is 5.32 Å². The van der Waals surface area contributed by atoms with Crippen LogP contribution in [0.5, 0.6) is 5.75 Å². The maximum atomic E-state index is 13.4. The first-order valence-electron chi connectivity index (χ1n) is 6.55. The summed E-state index contributed by atoms with van der Waals surface area (Å²) < 4.78 is 79.3. The fraction of sp³-hybridized carbons (Fsp3) is 0.538. The standard InChI is InChI=1S/C13H14F6N2O.2ClH/c14-8-2-1-7(13(17,18)19)9(11(8)22)10(12(15)16)21-5-3-20-4-6-21;;/h1-2,10,12,20,22H,3-6H2;2*1H/t10-;;/m1../s1. The zero-order chi connectivity index (χ0) is 16.5. The second kappa shape index (κ2) is 8.98. The van der Waals surface area contributed by atoms with Crippen LogP contribution in [0, 0.1) is 5.82 Å². The van der Waals surface area contributed by atoms with E-state index in [1.165, 1.54) is 0 Å². The SMILES string of the molecule is Cl.Cl.Oc1c(F)ccc(C(F)(F)F)c1[C@H](C(F)F)N1CCNCC1. The van der Waals surface area contributed by atoms with Crippen molar-refractivity contribution in [2.24, 2.45) is 0 Å². The molecule has 2 rings (SSSR count). The molecule has 0 aromatic heterocycles. The Morgan fingerprint density at radius 3 is 2.08 bits per heavy atom. The highest BCUT2D eigenvalue weighted by Crippen LogP contribution is 2.43. The minimum atomic E-state index is -4.97. The van der Waals surface area contributed by atoms with E-state index in [2.05, 4.69) is 5.32 Å². The molecule has 11 heteroatoms. The Balaban J connectivity index is 0.00000264. The van der Waals surface area contributed by atoms with Crippen LogP contribution in [0.3, 0.4) is 0 Å². The molecule has 0 radical (unpaired) electrons. The predicted octanol–water partition coefficient (Wildman–Crippen LogP) is 3.61. The van der Waals surface area contributed by atoms with E-state index < -0.39 is 41.3 Å². The van der Waals surface area contributed by atoms with E-state index in [-0.39, 0.29) is 37.9 Å². The molecule has 1 aliphatic heterocycles. The molecule has 0 saturated carbocycles. The summed E-state index contributed by atoms with van der Waals surface area (Å²) >= 11 is 0. The highest BCUT2D eigenvalue weighted by Gasteiger charge is 2.42. The quantitative estimate of drug-likeness (QED) is 0.760. The highest BCUT2D eigenvalue weighted by molar-refractivity contribution is 5.85. The number of nitrogens with zero attached hydrogens (tertiary/aromatic N) is 1. The molecule has 2 N–H and O–H groups in total. The number of piperazine rings is 1. The molecule has 0 bridgehead atoms. The van der Waals surface area contributed by atoms with Gasteiger partial charge in [-0.25, -0.2) is 13.2 Å². The number of aromatic hydroxyl groups is 1. The van der Waals surface area contributed by atoms with Crippen LogP contribution in [0.25, 0.3) is 0 Å². The predicted molar refractivity (Wildman–Crippen MR) is 80.8 cm³/mol. The van der Waals surface area contributed by atoms with Crippen molar-refractivity contribution in [3.8, 4) is 5.75 Å². The van der Waals surface area contributed by atoms with Crippen LogP contribution in [0.4, 0.5) is 26.3 Å². The average molecular weight is 401 g/mol. The lowest BCUT2D eigenvalue weighted by molar-refractivity contribution is -0.139.